The van der Waals surface area contributed by atoms with Crippen LogP contribution in [0.3, 0.4) is 0 Å². The van der Waals surface area contributed by atoms with E-state index in [1.165, 1.54) is 0 Å². The van der Waals surface area contributed by atoms with Crippen LogP contribution in [0.5, 0.6) is 0 Å². The van der Waals surface area contributed by atoms with Gasteiger partial charge >= 0.3 is 0 Å². The summed E-state index contributed by atoms with van der Waals surface area (Å²) >= 11 is 0. The number of hydrogen-bond donors (Lipinski definition) is 6. The summed E-state index contributed by atoms with van der Waals surface area (Å²) in [4.78, 5) is 0. The predicted octanol–water partition coefficient (Wildman–Crippen LogP) is -3.90. The summed E-state index contributed by atoms with van der Waals surface area (Å²) in [5.74, 6) is -2.93. The fourth-order valence-electron chi connectivity index (χ4n) is 1.10. The van der Waals surface area contributed by atoms with Crippen molar-refractivity contribution >= 4 is 0 Å². The molecular weight excluding hydrogens is 184 g/mol. The van der Waals surface area contributed by atoms with Crippen LogP contribution in [0.4, 0.5) is 0 Å². The van der Waals surface area contributed by atoms with Crippen molar-refractivity contribution < 1.29 is 35.4 Å². The van der Waals surface area contributed by atoms with Gasteiger partial charge in [0.25, 0.3) is 0 Å². The Morgan fingerprint density at radius 2 is 1.69 bits per heavy atom. The smallest absolute Gasteiger partial charge is 0.245 e. The lowest BCUT2D eigenvalue weighted by Gasteiger charge is -2.42. The third-order valence-corrected chi connectivity index (χ3v) is 1.99. The maximum absolute atomic E-state index is 9.12. The maximum Gasteiger partial charge on any atom is 0.245 e. The Kier molecular flexibility index (Phi) is 2.88. The van der Waals surface area contributed by atoms with Crippen LogP contribution in [0.25, 0.3) is 0 Å². The first kappa shape index (κ1) is 10.8. The zero-order chi connectivity index (χ0) is 10.2. The molecule has 0 aromatic rings. The van der Waals surface area contributed by atoms with E-state index < -0.39 is 37.0 Å². The van der Waals surface area contributed by atoms with Gasteiger partial charge in [-0.1, -0.05) is 0 Å². The quantitative estimate of drug-likeness (QED) is 0.236. The second kappa shape index (κ2) is 3.46. The standard InChI is InChI=1S/C6H12O7/c7-1-2-3(8)4(9)6(11,12)5(10)13-2/h2-5,7-12H,1H2/t2-,3+,4+,5?/m1/s1. The number of ether oxygens (including phenoxy) is 1. The summed E-state index contributed by atoms with van der Waals surface area (Å²) < 4.78 is 4.43. The van der Waals surface area contributed by atoms with Crippen molar-refractivity contribution in [3.05, 3.63) is 0 Å². The molecule has 0 amide bonds. The zero-order valence-corrected chi connectivity index (χ0v) is 6.61. The lowest BCUT2D eigenvalue weighted by Crippen LogP contribution is -2.66. The van der Waals surface area contributed by atoms with Crippen LogP contribution in [-0.4, -0.2) is 67.6 Å². The maximum atomic E-state index is 9.12. The lowest BCUT2D eigenvalue weighted by molar-refractivity contribution is -0.395. The van der Waals surface area contributed by atoms with E-state index in [2.05, 4.69) is 4.74 Å². The molecular formula is C6H12O7. The van der Waals surface area contributed by atoms with Gasteiger partial charge in [-0.15, -0.1) is 0 Å². The monoisotopic (exact) mass is 196 g/mol. The molecule has 1 fully saturated rings. The molecule has 0 aromatic carbocycles. The van der Waals surface area contributed by atoms with Gasteiger partial charge in [0, 0.05) is 0 Å². The predicted molar refractivity (Wildman–Crippen MR) is 37.1 cm³/mol. The van der Waals surface area contributed by atoms with Gasteiger partial charge < -0.3 is 35.4 Å². The van der Waals surface area contributed by atoms with Crippen LogP contribution in [0.1, 0.15) is 0 Å². The Morgan fingerprint density at radius 3 is 2.15 bits per heavy atom. The zero-order valence-electron chi connectivity index (χ0n) is 6.61. The van der Waals surface area contributed by atoms with Crippen molar-refractivity contribution in [2.45, 2.75) is 30.4 Å². The number of aliphatic hydroxyl groups is 6. The van der Waals surface area contributed by atoms with Gasteiger partial charge in [-0.05, 0) is 0 Å². The molecule has 0 spiro atoms. The summed E-state index contributed by atoms with van der Waals surface area (Å²) in [6.45, 7) is -0.647. The molecule has 7 nitrogen and oxygen atoms in total. The summed E-state index contributed by atoms with van der Waals surface area (Å²) in [6.07, 6.45) is -6.96. The molecule has 0 bridgehead atoms. The van der Waals surface area contributed by atoms with Crippen molar-refractivity contribution in [2.24, 2.45) is 0 Å². The van der Waals surface area contributed by atoms with E-state index in [1.807, 2.05) is 0 Å². The second-order valence-corrected chi connectivity index (χ2v) is 2.93. The SMILES string of the molecule is OC[C@H]1OC(O)C(O)(O)[C@@H](O)[C@H]1O. The number of aliphatic hydroxyl groups excluding tert-OH is 4. The van der Waals surface area contributed by atoms with Gasteiger partial charge in [0.2, 0.25) is 12.1 Å². The average Bonchev–Trinajstić information content (AvgIpc) is 2.09. The van der Waals surface area contributed by atoms with E-state index in [4.69, 9.17) is 30.6 Å². The first-order chi connectivity index (χ1) is 5.91. The Morgan fingerprint density at radius 1 is 1.15 bits per heavy atom. The van der Waals surface area contributed by atoms with E-state index in [1.54, 1.807) is 0 Å². The van der Waals surface area contributed by atoms with Crippen molar-refractivity contribution in [1.82, 2.24) is 0 Å². The highest BCUT2D eigenvalue weighted by Crippen LogP contribution is 2.26. The van der Waals surface area contributed by atoms with Crippen LogP contribution < -0.4 is 0 Å². The van der Waals surface area contributed by atoms with Crippen molar-refractivity contribution in [3.63, 3.8) is 0 Å². The molecule has 4 atom stereocenters. The second-order valence-electron chi connectivity index (χ2n) is 2.93. The van der Waals surface area contributed by atoms with E-state index in [-0.39, 0.29) is 0 Å². The third-order valence-electron chi connectivity index (χ3n) is 1.99. The molecule has 1 aliphatic heterocycles. The fourth-order valence-corrected chi connectivity index (χ4v) is 1.10. The topological polar surface area (TPSA) is 131 Å². The van der Waals surface area contributed by atoms with Gasteiger partial charge in [-0.25, -0.2) is 0 Å². The molecule has 1 aliphatic rings. The van der Waals surface area contributed by atoms with E-state index in [0.29, 0.717) is 0 Å². The Hall–Kier alpha value is -0.280. The Balaban J connectivity index is 2.79. The average molecular weight is 196 g/mol. The highest BCUT2D eigenvalue weighted by atomic mass is 16.7. The molecule has 0 saturated carbocycles. The number of hydrogen-bond acceptors (Lipinski definition) is 7. The molecule has 78 valence electrons. The molecule has 6 N–H and O–H groups in total. The van der Waals surface area contributed by atoms with Crippen molar-refractivity contribution in [2.75, 3.05) is 6.61 Å². The van der Waals surface area contributed by atoms with Gasteiger partial charge in [0.05, 0.1) is 6.61 Å². The summed E-state index contributed by atoms with van der Waals surface area (Å²) in [7, 11) is 0. The fraction of sp³-hybridized carbons (Fsp3) is 1.00. The highest BCUT2D eigenvalue weighted by Gasteiger charge is 2.53. The first-order valence-corrected chi connectivity index (χ1v) is 3.66. The molecule has 1 unspecified atom stereocenters. The van der Waals surface area contributed by atoms with Crippen molar-refractivity contribution in [3.8, 4) is 0 Å². The minimum Gasteiger partial charge on any atom is -0.394 e. The molecule has 13 heavy (non-hydrogen) atoms. The minimum absolute atomic E-state index is 0.647. The summed E-state index contributed by atoms with van der Waals surface area (Å²) in [6, 6.07) is 0. The molecule has 1 rings (SSSR count). The lowest BCUT2D eigenvalue weighted by atomic mass is 9.96. The van der Waals surface area contributed by atoms with Gasteiger partial charge in [0.15, 0.2) is 0 Å². The largest absolute Gasteiger partial charge is 0.394 e. The van der Waals surface area contributed by atoms with Crippen LogP contribution in [-0.2, 0) is 4.74 Å². The van der Waals surface area contributed by atoms with Gasteiger partial charge in [0.1, 0.15) is 18.3 Å². The summed E-state index contributed by atoms with van der Waals surface area (Å²) in [5, 5.41) is 53.7. The Bertz CT molecular complexity index is 182. The summed E-state index contributed by atoms with van der Waals surface area (Å²) in [5.41, 5.74) is 0. The number of rotatable bonds is 1. The van der Waals surface area contributed by atoms with Crippen LogP contribution in [0.2, 0.25) is 0 Å². The Labute approximate surface area is 73.4 Å². The molecule has 1 heterocycles. The first-order valence-electron chi connectivity index (χ1n) is 3.66. The highest BCUT2D eigenvalue weighted by molar-refractivity contribution is 4.92. The van der Waals surface area contributed by atoms with Gasteiger partial charge in [-0.3, -0.25) is 0 Å². The van der Waals surface area contributed by atoms with E-state index in [0.717, 1.165) is 0 Å². The molecule has 1 saturated heterocycles. The van der Waals surface area contributed by atoms with Crippen LogP contribution in [0.15, 0.2) is 0 Å². The minimum atomic E-state index is -2.93. The molecule has 7 heteroatoms. The van der Waals surface area contributed by atoms with Crippen LogP contribution in [0, 0.1) is 0 Å². The molecule has 0 radical (unpaired) electrons. The molecule has 0 aliphatic carbocycles. The van der Waals surface area contributed by atoms with E-state index >= 15 is 0 Å². The van der Waals surface area contributed by atoms with Crippen LogP contribution >= 0.6 is 0 Å². The van der Waals surface area contributed by atoms with Gasteiger partial charge in [-0.2, -0.15) is 0 Å². The molecule has 0 aromatic heterocycles. The third kappa shape index (κ3) is 1.67. The van der Waals surface area contributed by atoms with Crippen molar-refractivity contribution in [1.29, 1.82) is 0 Å². The normalized spacial score (nSPS) is 44.8. The van der Waals surface area contributed by atoms with E-state index in [9.17, 15) is 0 Å².